The van der Waals surface area contributed by atoms with Crippen molar-refractivity contribution in [1.82, 2.24) is 10.3 Å². The lowest BCUT2D eigenvalue weighted by Crippen LogP contribution is -2.30. The summed E-state index contributed by atoms with van der Waals surface area (Å²) in [5.74, 6) is 3.34. The molecule has 7 heteroatoms. The minimum absolute atomic E-state index is 0.0558. The van der Waals surface area contributed by atoms with Crippen molar-refractivity contribution in [3.05, 3.63) is 94.3 Å². The van der Waals surface area contributed by atoms with Crippen molar-refractivity contribution in [3.63, 3.8) is 0 Å². The van der Waals surface area contributed by atoms with Gasteiger partial charge in [-0.25, -0.2) is 13.8 Å². The van der Waals surface area contributed by atoms with Crippen LogP contribution in [0.4, 0.5) is 8.78 Å². The Morgan fingerprint density at radius 1 is 1.10 bits per heavy atom. The van der Waals surface area contributed by atoms with Gasteiger partial charge in [0.1, 0.15) is 29.7 Å². The van der Waals surface area contributed by atoms with Gasteiger partial charge in [0.05, 0.1) is 6.04 Å². The Kier molecular flexibility index (Phi) is 6.40. The predicted molar refractivity (Wildman–Crippen MR) is 107 cm³/mol. The summed E-state index contributed by atoms with van der Waals surface area (Å²) in [4.78, 5) is 17.1. The van der Waals surface area contributed by atoms with E-state index in [0.29, 0.717) is 16.8 Å². The number of amides is 1. The summed E-state index contributed by atoms with van der Waals surface area (Å²) >= 11 is 0. The summed E-state index contributed by atoms with van der Waals surface area (Å²) in [6, 6.07) is 10.8. The second-order valence-corrected chi connectivity index (χ2v) is 6.50. The predicted octanol–water partition coefficient (Wildman–Crippen LogP) is 3.24. The highest BCUT2D eigenvalue weighted by atomic mass is 19.1. The van der Waals surface area contributed by atoms with E-state index in [1.165, 1.54) is 36.4 Å². The molecule has 0 radical (unpaired) electrons. The number of aromatic nitrogens is 1. The van der Waals surface area contributed by atoms with Crippen LogP contribution in [0.25, 0.3) is 0 Å². The first-order chi connectivity index (χ1) is 14.4. The Labute approximate surface area is 172 Å². The van der Waals surface area contributed by atoms with Crippen molar-refractivity contribution in [2.75, 3.05) is 6.61 Å². The van der Waals surface area contributed by atoms with E-state index in [9.17, 15) is 18.7 Å². The molecule has 0 aliphatic rings. The quantitative estimate of drug-likeness (QED) is 0.579. The molecule has 1 aromatic heterocycles. The van der Waals surface area contributed by atoms with Gasteiger partial charge in [0, 0.05) is 16.8 Å². The SMILES string of the molecule is Cc1cc(C#CCO)cc(C(=O)NC(c2ccc(F)cc2)c2cc(F)ccc2O)n1. The largest absolute Gasteiger partial charge is 0.508 e. The lowest BCUT2D eigenvalue weighted by atomic mass is 9.97. The normalized spacial score (nSPS) is 11.3. The van der Waals surface area contributed by atoms with Crippen molar-refractivity contribution in [1.29, 1.82) is 0 Å². The average Bonchev–Trinajstić information content (AvgIpc) is 2.72. The molecular weight excluding hydrogens is 390 g/mol. The number of phenols is 1. The molecule has 2 aromatic carbocycles. The maximum atomic E-state index is 13.8. The van der Waals surface area contributed by atoms with Crippen LogP contribution in [-0.4, -0.2) is 27.7 Å². The van der Waals surface area contributed by atoms with Gasteiger partial charge in [0.2, 0.25) is 0 Å². The minimum Gasteiger partial charge on any atom is -0.508 e. The molecule has 1 unspecified atom stereocenters. The number of nitrogens with one attached hydrogen (secondary N) is 1. The fourth-order valence-corrected chi connectivity index (χ4v) is 2.96. The molecule has 0 saturated heterocycles. The van der Waals surface area contributed by atoms with Crippen LogP contribution >= 0.6 is 0 Å². The summed E-state index contributed by atoms with van der Waals surface area (Å²) in [5, 5.41) is 21.8. The van der Waals surface area contributed by atoms with Gasteiger partial charge >= 0.3 is 0 Å². The number of aliphatic hydroxyl groups excluding tert-OH is 1. The fourth-order valence-electron chi connectivity index (χ4n) is 2.96. The lowest BCUT2D eigenvalue weighted by Gasteiger charge is -2.21. The number of benzene rings is 2. The van der Waals surface area contributed by atoms with E-state index in [4.69, 9.17) is 5.11 Å². The molecule has 0 aliphatic carbocycles. The standard InChI is InChI=1S/C23H18F2N2O3/c1-14-11-15(3-2-10-28)12-20(26-14)23(30)27-22(16-4-6-17(24)7-5-16)19-13-18(25)8-9-21(19)29/h4-9,11-13,22,28-29H,10H2,1H3,(H,27,30). The second kappa shape index (κ2) is 9.16. The number of pyridine rings is 1. The van der Waals surface area contributed by atoms with E-state index in [1.807, 2.05) is 0 Å². The third kappa shape index (κ3) is 4.99. The van der Waals surface area contributed by atoms with Crippen LogP contribution in [0, 0.1) is 30.4 Å². The zero-order valence-corrected chi connectivity index (χ0v) is 16.0. The Bertz CT molecular complexity index is 1140. The van der Waals surface area contributed by atoms with Gasteiger partial charge in [-0.2, -0.15) is 0 Å². The Hall–Kier alpha value is -3.76. The van der Waals surface area contributed by atoms with E-state index < -0.39 is 23.6 Å². The Morgan fingerprint density at radius 2 is 1.80 bits per heavy atom. The number of aromatic hydroxyl groups is 1. The number of hydrogen-bond donors (Lipinski definition) is 3. The number of hydrogen-bond acceptors (Lipinski definition) is 4. The number of aliphatic hydroxyl groups is 1. The summed E-state index contributed by atoms with van der Waals surface area (Å²) < 4.78 is 27.2. The molecular formula is C23H18F2N2O3. The Morgan fingerprint density at radius 3 is 2.50 bits per heavy atom. The van der Waals surface area contributed by atoms with Gasteiger partial charge in [-0.05, 0) is 55.0 Å². The molecule has 1 heterocycles. The highest BCUT2D eigenvalue weighted by Gasteiger charge is 2.22. The first-order valence-corrected chi connectivity index (χ1v) is 9.00. The fraction of sp³-hybridized carbons (Fsp3) is 0.130. The first kappa shape index (κ1) is 21.0. The maximum Gasteiger partial charge on any atom is 0.270 e. The van der Waals surface area contributed by atoms with Gasteiger partial charge in [-0.1, -0.05) is 24.0 Å². The van der Waals surface area contributed by atoms with Gasteiger partial charge in [0.15, 0.2) is 0 Å². The number of halogens is 2. The van der Waals surface area contributed by atoms with E-state index in [0.717, 1.165) is 12.1 Å². The van der Waals surface area contributed by atoms with Crippen LogP contribution in [0.1, 0.15) is 38.9 Å². The zero-order valence-electron chi connectivity index (χ0n) is 16.0. The molecule has 3 aromatic rings. The summed E-state index contributed by atoms with van der Waals surface area (Å²) in [6.45, 7) is 1.37. The smallest absolute Gasteiger partial charge is 0.270 e. The third-order valence-electron chi connectivity index (χ3n) is 4.28. The number of carbonyl (C=O) groups is 1. The molecule has 0 fully saturated rings. The van der Waals surface area contributed by atoms with E-state index >= 15 is 0 Å². The van der Waals surface area contributed by atoms with Crippen LogP contribution in [0.2, 0.25) is 0 Å². The average molecular weight is 408 g/mol. The van der Waals surface area contributed by atoms with Crippen LogP contribution < -0.4 is 5.32 Å². The molecule has 1 atom stereocenters. The Balaban J connectivity index is 2.01. The molecule has 1 amide bonds. The molecule has 0 aliphatic heterocycles. The van der Waals surface area contributed by atoms with Gasteiger partial charge in [-0.3, -0.25) is 4.79 Å². The lowest BCUT2D eigenvalue weighted by molar-refractivity contribution is 0.0937. The number of aryl methyl sites for hydroxylation is 1. The number of carbonyl (C=O) groups excluding carboxylic acids is 1. The van der Waals surface area contributed by atoms with Crippen molar-refractivity contribution in [2.24, 2.45) is 0 Å². The molecule has 30 heavy (non-hydrogen) atoms. The van der Waals surface area contributed by atoms with E-state index in [2.05, 4.69) is 22.1 Å². The number of rotatable bonds is 4. The van der Waals surface area contributed by atoms with Crippen molar-refractivity contribution < 1.29 is 23.8 Å². The van der Waals surface area contributed by atoms with Crippen LogP contribution in [0.3, 0.4) is 0 Å². The molecule has 0 saturated carbocycles. The van der Waals surface area contributed by atoms with E-state index in [-0.39, 0.29) is 23.6 Å². The number of phenolic OH excluding ortho intramolecular Hbond substituents is 1. The second-order valence-electron chi connectivity index (χ2n) is 6.50. The van der Waals surface area contributed by atoms with Gasteiger partial charge in [0.25, 0.3) is 5.91 Å². The van der Waals surface area contributed by atoms with E-state index in [1.54, 1.807) is 13.0 Å². The highest BCUT2D eigenvalue weighted by molar-refractivity contribution is 5.93. The van der Waals surface area contributed by atoms with Gasteiger partial charge < -0.3 is 15.5 Å². The minimum atomic E-state index is -0.955. The van der Waals surface area contributed by atoms with Crippen LogP contribution in [0.15, 0.2) is 54.6 Å². The number of nitrogens with zero attached hydrogens (tertiary/aromatic N) is 1. The molecule has 3 rings (SSSR count). The summed E-state index contributed by atoms with van der Waals surface area (Å²) in [6.07, 6.45) is 0. The molecule has 5 nitrogen and oxygen atoms in total. The summed E-state index contributed by atoms with van der Waals surface area (Å²) in [5.41, 5.74) is 1.65. The molecule has 0 spiro atoms. The van der Waals surface area contributed by atoms with Crippen LogP contribution in [0.5, 0.6) is 5.75 Å². The van der Waals surface area contributed by atoms with Crippen molar-refractivity contribution >= 4 is 5.91 Å². The van der Waals surface area contributed by atoms with Crippen LogP contribution in [-0.2, 0) is 0 Å². The topological polar surface area (TPSA) is 82.5 Å². The first-order valence-electron chi connectivity index (χ1n) is 9.00. The molecule has 0 bridgehead atoms. The highest BCUT2D eigenvalue weighted by Crippen LogP contribution is 2.30. The van der Waals surface area contributed by atoms with Crippen molar-refractivity contribution in [3.8, 4) is 17.6 Å². The van der Waals surface area contributed by atoms with Gasteiger partial charge in [-0.15, -0.1) is 0 Å². The molecule has 152 valence electrons. The zero-order chi connectivity index (χ0) is 21.7. The maximum absolute atomic E-state index is 13.8. The molecule has 3 N–H and O–H groups in total. The van der Waals surface area contributed by atoms with Crippen molar-refractivity contribution in [2.45, 2.75) is 13.0 Å². The third-order valence-corrected chi connectivity index (χ3v) is 4.28. The summed E-state index contributed by atoms with van der Waals surface area (Å²) in [7, 11) is 0. The monoisotopic (exact) mass is 408 g/mol.